The van der Waals surface area contributed by atoms with E-state index in [0.717, 1.165) is 24.9 Å². The molecule has 0 amide bonds. The predicted molar refractivity (Wildman–Crippen MR) is 74.8 cm³/mol. The zero-order valence-electron chi connectivity index (χ0n) is 11.4. The average molecular weight is 266 g/mol. The van der Waals surface area contributed by atoms with Crippen LogP contribution in [0.15, 0.2) is 30.3 Å². The van der Waals surface area contributed by atoms with E-state index in [2.05, 4.69) is 13.8 Å². The summed E-state index contributed by atoms with van der Waals surface area (Å²) in [7, 11) is -0.702. The van der Waals surface area contributed by atoms with Crippen LogP contribution < -0.4 is 0 Å². The molecule has 0 aliphatic rings. The fraction of sp³-hybridized carbons (Fsp3) is 0.500. The van der Waals surface area contributed by atoms with Gasteiger partial charge >= 0.3 is 14.5 Å². The number of carbonyl (C=O) groups excluding carboxylic acids is 1. The molecule has 0 heterocycles. The lowest BCUT2D eigenvalue weighted by atomic mass is 10.2. The summed E-state index contributed by atoms with van der Waals surface area (Å²) in [4.78, 5) is 12.1. The van der Waals surface area contributed by atoms with E-state index in [-0.39, 0.29) is 5.97 Å². The number of rotatable bonds is 7. The van der Waals surface area contributed by atoms with Crippen LogP contribution in [0.4, 0.5) is 0 Å². The number of benzene rings is 1. The third-order valence-corrected chi connectivity index (χ3v) is 6.75. The molecule has 0 bridgehead atoms. The Kier molecular flexibility index (Phi) is 6.08. The van der Waals surface area contributed by atoms with Crippen molar-refractivity contribution in [2.75, 3.05) is 7.11 Å². The van der Waals surface area contributed by atoms with Crippen LogP contribution in [0.5, 0.6) is 0 Å². The summed E-state index contributed by atoms with van der Waals surface area (Å²) >= 11 is 0. The first-order chi connectivity index (χ1) is 8.67. The summed E-state index contributed by atoms with van der Waals surface area (Å²) in [6.45, 7) is 4.18. The summed E-state index contributed by atoms with van der Waals surface area (Å²) in [6.07, 6.45) is 1.95. The van der Waals surface area contributed by atoms with E-state index in [1.807, 2.05) is 18.2 Å². The number of carbonyl (C=O) groups is 1. The van der Waals surface area contributed by atoms with Crippen LogP contribution in [-0.2, 0) is 8.85 Å². The van der Waals surface area contributed by atoms with Crippen molar-refractivity contribution in [2.45, 2.75) is 38.8 Å². The minimum atomic E-state index is -2.36. The highest BCUT2D eigenvalue weighted by atomic mass is 28.4. The minimum Gasteiger partial charge on any atom is -0.490 e. The Morgan fingerprint density at radius 2 is 1.67 bits per heavy atom. The third-order valence-electron chi connectivity index (χ3n) is 2.92. The van der Waals surface area contributed by atoms with Crippen molar-refractivity contribution in [1.29, 1.82) is 0 Å². The summed E-state index contributed by atoms with van der Waals surface area (Å²) in [5.74, 6) is -0.258. The first-order valence-corrected chi connectivity index (χ1v) is 8.74. The van der Waals surface area contributed by atoms with Gasteiger partial charge in [0.2, 0.25) is 0 Å². The van der Waals surface area contributed by atoms with Gasteiger partial charge in [-0.2, -0.15) is 0 Å². The van der Waals surface area contributed by atoms with Gasteiger partial charge in [0.25, 0.3) is 0 Å². The van der Waals surface area contributed by atoms with Crippen molar-refractivity contribution < 1.29 is 13.6 Å². The molecule has 1 aromatic rings. The Hall–Kier alpha value is -1.13. The highest BCUT2D eigenvalue weighted by Crippen LogP contribution is 2.23. The summed E-state index contributed by atoms with van der Waals surface area (Å²) in [6, 6.07) is 10.8. The topological polar surface area (TPSA) is 35.5 Å². The minimum absolute atomic E-state index is 0.258. The summed E-state index contributed by atoms with van der Waals surface area (Å²) in [5, 5.41) is 0. The smallest absolute Gasteiger partial charge is 0.401 e. The largest absolute Gasteiger partial charge is 0.490 e. The maximum Gasteiger partial charge on any atom is 0.401 e. The highest BCUT2D eigenvalue weighted by Gasteiger charge is 2.38. The van der Waals surface area contributed by atoms with Gasteiger partial charge in [-0.05, 0) is 12.1 Å². The fourth-order valence-electron chi connectivity index (χ4n) is 2.04. The normalized spacial score (nSPS) is 11.3. The van der Waals surface area contributed by atoms with Crippen LogP contribution >= 0.6 is 0 Å². The first kappa shape index (κ1) is 14.9. The quantitative estimate of drug-likeness (QED) is 0.705. The second kappa shape index (κ2) is 7.33. The van der Waals surface area contributed by atoms with Gasteiger partial charge in [-0.3, -0.25) is 0 Å². The monoisotopic (exact) mass is 266 g/mol. The molecule has 0 radical (unpaired) electrons. The SMILES string of the molecule is CCC[Si](CCC)(OC)OC(=O)c1ccccc1. The van der Waals surface area contributed by atoms with Gasteiger partial charge in [0.15, 0.2) is 0 Å². The molecule has 3 nitrogen and oxygen atoms in total. The van der Waals surface area contributed by atoms with Crippen LogP contribution in [0.1, 0.15) is 37.0 Å². The molecule has 0 unspecified atom stereocenters. The number of hydrogen-bond acceptors (Lipinski definition) is 3. The molecule has 0 fully saturated rings. The van der Waals surface area contributed by atoms with Crippen molar-refractivity contribution >= 4 is 14.5 Å². The van der Waals surface area contributed by atoms with Crippen LogP contribution in [0, 0.1) is 0 Å². The van der Waals surface area contributed by atoms with E-state index in [0.29, 0.717) is 5.56 Å². The van der Waals surface area contributed by atoms with Gasteiger partial charge in [0.1, 0.15) is 0 Å². The molecule has 1 aromatic carbocycles. The van der Waals surface area contributed by atoms with Gasteiger partial charge < -0.3 is 8.85 Å². The van der Waals surface area contributed by atoms with E-state index >= 15 is 0 Å². The Morgan fingerprint density at radius 3 is 2.11 bits per heavy atom. The van der Waals surface area contributed by atoms with Gasteiger partial charge in [0.05, 0.1) is 5.56 Å². The molecule has 4 heteroatoms. The van der Waals surface area contributed by atoms with Crippen molar-refractivity contribution in [3.8, 4) is 0 Å². The molecule has 0 saturated heterocycles. The Labute approximate surface area is 110 Å². The van der Waals surface area contributed by atoms with E-state index in [4.69, 9.17) is 8.85 Å². The summed E-state index contributed by atoms with van der Waals surface area (Å²) < 4.78 is 11.3. The van der Waals surface area contributed by atoms with E-state index in [9.17, 15) is 4.79 Å². The van der Waals surface area contributed by atoms with E-state index in [1.54, 1.807) is 19.2 Å². The van der Waals surface area contributed by atoms with Crippen molar-refractivity contribution in [3.05, 3.63) is 35.9 Å². The molecule has 0 atom stereocenters. The standard InChI is InChI=1S/C14H22O3Si/c1-4-11-18(16-3,12-5-2)17-14(15)13-9-7-6-8-10-13/h6-10H,4-5,11-12H2,1-3H3. The molecule has 0 saturated carbocycles. The molecule has 18 heavy (non-hydrogen) atoms. The molecule has 0 spiro atoms. The predicted octanol–water partition coefficient (Wildman–Crippen LogP) is 3.75. The van der Waals surface area contributed by atoms with Crippen molar-refractivity contribution in [2.24, 2.45) is 0 Å². The van der Waals surface area contributed by atoms with Crippen molar-refractivity contribution in [1.82, 2.24) is 0 Å². The lowest BCUT2D eigenvalue weighted by Gasteiger charge is -2.28. The lowest BCUT2D eigenvalue weighted by molar-refractivity contribution is 0.0659. The molecule has 0 aliphatic heterocycles. The van der Waals surface area contributed by atoms with E-state index < -0.39 is 8.56 Å². The fourth-order valence-corrected chi connectivity index (χ4v) is 4.96. The molecular formula is C14H22O3Si. The Bertz CT molecular complexity index is 359. The second-order valence-electron chi connectivity index (χ2n) is 4.37. The van der Waals surface area contributed by atoms with Crippen LogP contribution in [0.25, 0.3) is 0 Å². The first-order valence-electron chi connectivity index (χ1n) is 6.51. The maximum atomic E-state index is 12.1. The average Bonchev–Trinajstić information content (AvgIpc) is 2.40. The van der Waals surface area contributed by atoms with Gasteiger partial charge in [0, 0.05) is 19.2 Å². The molecule has 1 rings (SSSR count). The molecular weight excluding hydrogens is 244 g/mol. The zero-order chi connectivity index (χ0) is 13.4. The van der Waals surface area contributed by atoms with Crippen molar-refractivity contribution in [3.63, 3.8) is 0 Å². The Morgan fingerprint density at radius 1 is 1.11 bits per heavy atom. The van der Waals surface area contributed by atoms with Gasteiger partial charge in [-0.25, -0.2) is 4.79 Å². The maximum absolute atomic E-state index is 12.1. The van der Waals surface area contributed by atoms with Crippen LogP contribution in [0.3, 0.4) is 0 Å². The second-order valence-corrected chi connectivity index (χ2v) is 7.80. The third kappa shape index (κ3) is 3.96. The Balaban J connectivity index is 2.80. The molecule has 100 valence electrons. The lowest BCUT2D eigenvalue weighted by Crippen LogP contribution is -2.42. The van der Waals surface area contributed by atoms with Crippen LogP contribution in [-0.4, -0.2) is 21.6 Å². The molecule has 0 N–H and O–H groups in total. The van der Waals surface area contributed by atoms with Gasteiger partial charge in [-0.1, -0.05) is 44.9 Å². The molecule has 0 aliphatic carbocycles. The van der Waals surface area contributed by atoms with Gasteiger partial charge in [-0.15, -0.1) is 0 Å². The van der Waals surface area contributed by atoms with E-state index in [1.165, 1.54) is 0 Å². The highest BCUT2D eigenvalue weighted by molar-refractivity contribution is 6.69. The zero-order valence-corrected chi connectivity index (χ0v) is 12.4. The summed E-state index contributed by atoms with van der Waals surface area (Å²) in [5.41, 5.74) is 0.596. The number of hydrogen-bond donors (Lipinski definition) is 0. The molecule has 0 aromatic heterocycles. The van der Waals surface area contributed by atoms with Crippen LogP contribution in [0.2, 0.25) is 12.1 Å².